The Bertz CT molecular complexity index is 368. The van der Waals surface area contributed by atoms with Gasteiger partial charge < -0.3 is 4.74 Å². The summed E-state index contributed by atoms with van der Waals surface area (Å²) in [5, 5.41) is 2.79. The minimum atomic E-state index is -0.305. The highest BCUT2D eigenvalue weighted by Crippen LogP contribution is 2.12. The van der Waals surface area contributed by atoms with Crippen molar-refractivity contribution in [1.29, 1.82) is 0 Å². The first-order valence-electron chi connectivity index (χ1n) is 4.45. The van der Waals surface area contributed by atoms with Gasteiger partial charge in [0, 0.05) is 6.92 Å². The van der Waals surface area contributed by atoms with Crippen molar-refractivity contribution in [3.63, 3.8) is 0 Å². The molecule has 0 N–H and O–H groups in total. The van der Waals surface area contributed by atoms with E-state index < -0.39 is 0 Å². The lowest BCUT2D eigenvalue weighted by Crippen LogP contribution is -1.97. The number of hydrogen-bond donors (Lipinski definition) is 0. The Morgan fingerprint density at radius 3 is 2.60 bits per heavy atom. The van der Waals surface area contributed by atoms with Crippen LogP contribution >= 0.6 is 0 Å². The summed E-state index contributed by atoms with van der Waals surface area (Å²) in [6.07, 6.45) is 3.53. The molecule has 0 aromatic heterocycles. The SMILES string of the molecule is CC(=O)OC/C=C/c1ccc(N=O)cc1. The van der Waals surface area contributed by atoms with Gasteiger partial charge in [-0.05, 0) is 28.9 Å². The summed E-state index contributed by atoms with van der Waals surface area (Å²) in [5.41, 5.74) is 1.32. The zero-order valence-corrected chi connectivity index (χ0v) is 8.34. The second-order valence-corrected chi connectivity index (χ2v) is 2.89. The molecule has 4 nitrogen and oxygen atoms in total. The third-order valence-corrected chi connectivity index (χ3v) is 1.69. The fraction of sp³-hybridized carbons (Fsp3) is 0.182. The summed E-state index contributed by atoms with van der Waals surface area (Å²) in [6, 6.07) is 6.78. The van der Waals surface area contributed by atoms with E-state index in [1.54, 1.807) is 36.4 Å². The first kappa shape index (κ1) is 11.1. The molecule has 0 saturated heterocycles. The number of carbonyl (C=O) groups excluding carboxylic acids is 1. The van der Waals surface area contributed by atoms with Gasteiger partial charge in [0.1, 0.15) is 12.3 Å². The Morgan fingerprint density at radius 1 is 1.40 bits per heavy atom. The van der Waals surface area contributed by atoms with Crippen molar-refractivity contribution in [2.24, 2.45) is 5.18 Å². The maximum atomic E-state index is 10.4. The van der Waals surface area contributed by atoms with Crippen LogP contribution < -0.4 is 0 Å². The molecule has 1 rings (SSSR count). The smallest absolute Gasteiger partial charge is 0.302 e. The predicted octanol–water partition coefficient (Wildman–Crippen LogP) is 2.66. The molecular weight excluding hydrogens is 194 g/mol. The van der Waals surface area contributed by atoms with Gasteiger partial charge in [0.05, 0.1) is 0 Å². The van der Waals surface area contributed by atoms with E-state index in [4.69, 9.17) is 4.74 Å². The number of benzene rings is 1. The molecule has 0 aliphatic carbocycles. The monoisotopic (exact) mass is 205 g/mol. The highest BCUT2D eigenvalue weighted by Gasteiger charge is 1.91. The lowest BCUT2D eigenvalue weighted by molar-refractivity contribution is -0.139. The molecule has 0 radical (unpaired) electrons. The van der Waals surface area contributed by atoms with E-state index in [1.807, 2.05) is 0 Å². The van der Waals surface area contributed by atoms with Crippen molar-refractivity contribution in [3.05, 3.63) is 40.8 Å². The molecule has 0 unspecified atom stereocenters. The standard InChI is InChI=1S/C11H11NO3/c1-9(13)15-8-2-3-10-4-6-11(12-14)7-5-10/h2-7H,8H2,1H3/b3-2+. The zero-order chi connectivity index (χ0) is 11.1. The molecule has 1 aromatic rings. The molecule has 0 aliphatic rings. The fourth-order valence-electron chi connectivity index (χ4n) is 0.996. The fourth-order valence-corrected chi connectivity index (χ4v) is 0.996. The van der Waals surface area contributed by atoms with Crippen LogP contribution in [0.25, 0.3) is 6.08 Å². The van der Waals surface area contributed by atoms with Gasteiger partial charge in [0.15, 0.2) is 0 Å². The molecule has 0 spiro atoms. The molecule has 0 aliphatic heterocycles. The Hall–Kier alpha value is -1.97. The van der Waals surface area contributed by atoms with Gasteiger partial charge >= 0.3 is 5.97 Å². The second-order valence-electron chi connectivity index (χ2n) is 2.89. The van der Waals surface area contributed by atoms with E-state index in [0.717, 1.165) is 5.56 Å². The molecule has 1 aromatic carbocycles. The number of carbonyl (C=O) groups is 1. The molecule has 0 saturated carbocycles. The Kier molecular flexibility index (Phi) is 4.22. The zero-order valence-electron chi connectivity index (χ0n) is 8.34. The molecule has 78 valence electrons. The molecule has 0 heterocycles. The van der Waals surface area contributed by atoms with Gasteiger partial charge in [-0.15, -0.1) is 4.91 Å². The van der Waals surface area contributed by atoms with Crippen molar-refractivity contribution in [2.75, 3.05) is 6.61 Å². The summed E-state index contributed by atoms with van der Waals surface area (Å²) in [5.74, 6) is -0.305. The third kappa shape index (κ3) is 4.17. The number of nitroso groups, excluding NO2 is 1. The van der Waals surface area contributed by atoms with Gasteiger partial charge in [-0.2, -0.15) is 0 Å². The van der Waals surface area contributed by atoms with Crippen molar-refractivity contribution in [3.8, 4) is 0 Å². The topological polar surface area (TPSA) is 55.7 Å². The predicted molar refractivity (Wildman–Crippen MR) is 57.6 cm³/mol. The quantitative estimate of drug-likeness (QED) is 0.560. The highest BCUT2D eigenvalue weighted by atomic mass is 16.5. The number of ether oxygens (including phenoxy) is 1. The van der Waals surface area contributed by atoms with Gasteiger partial charge in [0.2, 0.25) is 0 Å². The minimum absolute atomic E-state index is 0.253. The Labute approximate surface area is 87.5 Å². The molecule has 15 heavy (non-hydrogen) atoms. The van der Waals surface area contributed by atoms with E-state index in [0.29, 0.717) is 5.69 Å². The lowest BCUT2D eigenvalue weighted by atomic mass is 10.2. The Morgan fingerprint density at radius 2 is 2.07 bits per heavy atom. The number of hydrogen-bond acceptors (Lipinski definition) is 4. The normalized spacial score (nSPS) is 10.2. The first-order valence-corrected chi connectivity index (χ1v) is 4.45. The van der Waals surface area contributed by atoms with E-state index in [-0.39, 0.29) is 12.6 Å². The maximum absolute atomic E-state index is 10.4. The first-order chi connectivity index (χ1) is 7.22. The lowest BCUT2D eigenvalue weighted by Gasteiger charge is -1.95. The third-order valence-electron chi connectivity index (χ3n) is 1.69. The molecule has 0 fully saturated rings. The summed E-state index contributed by atoms with van der Waals surface area (Å²) >= 11 is 0. The van der Waals surface area contributed by atoms with Crippen LogP contribution in [0.3, 0.4) is 0 Å². The van der Waals surface area contributed by atoms with Crippen molar-refractivity contribution in [1.82, 2.24) is 0 Å². The van der Waals surface area contributed by atoms with Crippen molar-refractivity contribution in [2.45, 2.75) is 6.92 Å². The van der Waals surface area contributed by atoms with Crippen LogP contribution in [-0.4, -0.2) is 12.6 Å². The summed E-state index contributed by atoms with van der Waals surface area (Å²) in [4.78, 5) is 20.6. The molecule has 0 bridgehead atoms. The van der Waals surface area contributed by atoms with E-state index in [9.17, 15) is 9.70 Å². The van der Waals surface area contributed by atoms with Crippen molar-refractivity contribution < 1.29 is 9.53 Å². The maximum Gasteiger partial charge on any atom is 0.302 e. The van der Waals surface area contributed by atoms with Crippen LogP contribution in [0.2, 0.25) is 0 Å². The van der Waals surface area contributed by atoms with Crippen LogP contribution in [0.1, 0.15) is 12.5 Å². The van der Waals surface area contributed by atoms with Crippen LogP contribution in [-0.2, 0) is 9.53 Å². The molecule has 0 amide bonds. The van der Waals surface area contributed by atoms with Crippen LogP contribution in [0.5, 0.6) is 0 Å². The average molecular weight is 205 g/mol. The van der Waals surface area contributed by atoms with Crippen LogP contribution in [0.4, 0.5) is 5.69 Å². The summed E-state index contributed by atoms with van der Waals surface area (Å²) < 4.78 is 4.71. The summed E-state index contributed by atoms with van der Waals surface area (Å²) in [6.45, 7) is 1.61. The molecule has 4 heteroatoms. The summed E-state index contributed by atoms with van der Waals surface area (Å²) in [7, 11) is 0. The van der Waals surface area contributed by atoms with Crippen molar-refractivity contribution >= 4 is 17.7 Å². The number of rotatable bonds is 4. The van der Waals surface area contributed by atoms with E-state index >= 15 is 0 Å². The Balaban J connectivity index is 2.49. The second kappa shape index (κ2) is 5.70. The van der Waals surface area contributed by atoms with Gasteiger partial charge in [-0.3, -0.25) is 4.79 Å². The molecular formula is C11H11NO3. The highest BCUT2D eigenvalue weighted by molar-refractivity contribution is 5.66. The van der Waals surface area contributed by atoms with Gasteiger partial charge in [0.25, 0.3) is 0 Å². The van der Waals surface area contributed by atoms with E-state index in [2.05, 4.69) is 5.18 Å². The average Bonchev–Trinajstić information content (AvgIpc) is 2.25. The van der Waals surface area contributed by atoms with Crippen LogP contribution in [0.15, 0.2) is 35.5 Å². The molecule has 0 atom stereocenters. The van der Waals surface area contributed by atoms with Gasteiger partial charge in [-0.25, -0.2) is 0 Å². The van der Waals surface area contributed by atoms with Gasteiger partial charge in [-0.1, -0.05) is 18.2 Å². The number of esters is 1. The van der Waals surface area contributed by atoms with Crippen LogP contribution in [0, 0.1) is 4.91 Å². The number of nitrogens with zero attached hydrogens (tertiary/aromatic N) is 1. The minimum Gasteiger partial charge on any atom is -0.462 e. The van der Waals surface area contributed by atoms with E-state index in [1.165, 1.54) is 6.92 Å². The largest absolute Gasteiger partial charge is 0.462 e.